The van der Waals surface area contributed by atoms with Crippen LogP contribution in [-0.4, -0.2) is 48.3 Å². The number of piperazine rings is 1. The third-order valence-corrected chi connectivity index (χ3v) is 7.10. The number of nitrogen functional groups attached to an aromatic ring is 1. The van der Waals surface area contributed by atoms with Crippen molar-refractivity contribution in [3.8, 4) is 0 Å². The van der Waals surface area contributed by atoms with Crippen LogP contribution in [0.3, 0.4) is 0 Å². The monoisotopic (exact) mass is 463 g/mol. The van der Waals surface area contributed by atoms with Crippen LogP contribution < -0.4 is 21.0 Å². The molecule has 0 saturated carbocycles. The first-order chi connectivity index (χ1) is 16.0. The maximum Gasteiger partial charge on any atom is 0.343 e. The predicted molar refractivity (Wildman–Crippen MR) is 134 cm³/mol. The lowest BCUT2D eigenvalue weighted by Crippen LogP contribution is -2.46. The molecule has 0 atom stereocenters. The van der Waals surface area contributed by atoms with Gasteiger partial charge < -0.3 is 24.8 Å². The molecule has 1 saturated heterocycles. The average Bonchev–Trinajstić information content (AvgIpc) is 3.26. The van der Waals surface area contributed by atoms with Crippen molar-refractivity contribution in [3.05, 3.63) is 58.4 Å². The zero-order chi connectivity index (χ0) is 23.1. The highest BCUT2D eigenvalue weighted by atomic mass is 32.1. The van der Waals surface area contributed by atoms with E-state index in [4.69, 9.17) is 15.5 Å². The summed E-state index contributed by atoms with van der Waals surface area (Å²) >= 11 is 1.71. The summed E-state index contributed by atoms with van der Waals surface area (Å²) in [4.78, 5) is 34.4. The Bertz CT molecular complexity index is 1390. The molecule has 5 rings (SSSR count). The van der Waals surface area contributed by atoms with Gasteiger partial charge in [0.25, 0.3) is 0 Å². The Labute approximate surface area is 194 Å². The highest BCUT2D eigenvalue weighted by Gasteiger charge is 2.23. The first-order valence-electron chi connectivity index (χ1n) is 10.9. The van der Waals surface area contributed by atoms with Crippen molar-refractivity contribution in [1.82, 2.24) is 9.55 Å². The van der Waals surface area contributed by atoms with E-state index in [0.717, 1.165) is 48.0 Å². The molecule has 9 heteroatoms. The number of fused-ring (bicyclic) bond motifs is 2. The number of nitrogens with zero attached hydrogens (tertiary/aromatic N) is 4. The van der Waals surface area contributed by atoms with E-state index in [1.54, 1.807) is 28.9 Å². The first-order valence-corrected chi connectivity index (χ1v) is 11.7. The Morgan fingerprint density at radius 2 is 1.88 bits per heavy atom. The van der Waals surface area contributed by atoms with Gasteiger partial charge in [-0.05, 0) is 31.2 Å². The van der Waals surface area contributed by atoms with Crippen molar-refractivity contribution >= 4 is 54.9 Å². The van der Waals surface area contributed by atoms with Gasteiger partial charge in [0.05, 0.1) is 33.7 Å². The van der Waals surface area contributed by atoms with Crippen LogP contribution in [0.2, 0.25) is 0 Å². The molecule has 0 radical (unpaired) electrons. The lowest BCUT2D eigenvalue weighted by molar-refractivity contribution is 0.0524. The molecule has 0 unspecified atom stereocenters. The molecular formula is C24H25N5O3S. The third kappa shape index (κ3) is 3.78. The fraction of sp³-hybridized carbons (Fsp3) is 0.292. The van der Waals surface area contributed by atoms with E-state index >= 15 is 0 Å². The average molecular weight is 464 g/mol. The van der Waals surface area contributed by atoms with Crippen LogP contribution in [-0.2, 0) is 11.8 Å². The summed E-state index contributed by atoms with van der Waals surface area (Å²) in [5, 5.41) is 1.45. The van der Waals surface area contributed by atoms with Gasteiger partial charge in [0.15, 0.2) is 5.13 Å². The number of nitrogens with two attached hydrogens (primary N) is 1. The summed E-state index contributed by atoms with van der Waals surface area (Å²) in [6.07, 6.45) is 1.54. The number of anilines is 3. The van der Waals surface area contributed by atoms with Crippen molar-refractivity contribution < 1.29 is 9.53 Å². The Kier molecular flexibility index (Phi) is 5.41. The summed E-state index contributed by atoms with van der Waals surface area (Å²) < 4.78 is 8.00. The first kappa shape index (κ1) is 21.3. The largest absolute Gasteiger partial charge is 0.462 e. The number of ether oxygens (including phenoxy) is 1. The molecule has 3 heterocycles. The maximum absolute atomic E-state index is 12.9. The summed E-state index contributed by atoms with van der Waals surface area (Å²) in [5.41, 5.74) is 9.22. The summed E-state index contributed by atoms with van der Waals surface area (Å²) in [7, 11) is 1.82. The lowest BCUT2D eigenvalue weighted by Gasteiger charge is -2.36. The molecule has 2 aromatic heterocycles. The Morgan fingerprint density at radius 1 is 1.15 bits per heavy atom. The van der Waals surface area contributed by atoms with Gasteiger partial charge in [-0.15, -0.1) is 0 Å². The van der Waals surface area contributed by atoms with Crippen LogP contribution in [0.1, 0.15) is 17.3 Å². The van der Waals surface area contributed by atoms with Gasteiger partial charge in [-0.1, -0.05) is 23.5 Å². The maximum atomic E-state index is 12.9. The quantitative estimate of drug-likeness (QED) is 0.367. The van der Waals surface area contributed by atoms with Gasteiger partial charge in [-0.25, -0.2) is 9.78 Å². The van der Waals surface area contributed by atoms with Crippen molar-refractivity contribution in [2.75, 3.05) is 48.3 Å². The Hall–Kier alpha value is -3.59. The molecule has 0 spiro atoms. The van der Waals surface area contributed by atoms with Crippen molar-refractivity contribution in [3.63, 3.8) is 0 Å². The highest BCUT2D eigenvalue weighted by molar-refractivity contribution is 7.22. The number of aromatic nitrogens is 2. The molecule has 4 aromatic rings. The number of carbonyl (C=O) groups is 1. The summed E-state index contributed by atoms with van der Waals surface area (Å²) in [6.45, 7) is 5.17. The number of hydrogen-bond donors (Lipinski definition) is 1. The lowest BCUT2D eigenvalue weighted by atomic mass is 10.1. The zero-order valence-corrected chi connectivity index (χ0v) is 19.4. The fourth-order valence-corrected chi connectivity index (χ4v) is 5.31. The van der Waals surface area contributed by atoms with Crippen LogP contribution in [0.15, 0.2) is 47.4 Å². The molecule has 0 amide bonds. The van der Waals surface area contributed by atoms with E-state index < -0.39 is 5.97 Å². The number of thiazole rings is 1. The molecular weight excluding hydrogens is 438 g/mol. The summed E-state index contributed by atoms with van der Waals surface area (Å²) in [6, 6.07) is 11.8. The molecule has 33 heavy (non-hydrogen) atoms. The normalized spacial score (nSPS) is 14.2. The predicted octanol–water partition coefficient (Wildman–Crippen LogP) is 3.23. The second-order valence-corrected chi connectivity index (χ2v) is 9.08. The van der Waals surface area contributed by atoms with Gasteiger partial charge in [0.1, 0.15) is 5.56 Å². The van der Waals surface area contributed by atoms with Gasteiger partial charge >= 0.3 is 5.97 Å². The van der Waals surface area contributed by atoms with Crippen LogP contribution in [0.5, 0.6) is 0 Å². The summed E-state index contributed by atoms with van der Waals surface area (Å²) in [5.74, 6) is -0.617. The van der Waals surface area contributed by atoms with Crippen LogP contribution in [0.25, 0.3) is 21.1 Å². The van der Waals surface area contributed by atoms with Gasteiger partial charge in [0.2, 0.25) is 5.43 Å². The molecule has 1 aliphatic rings. The standard InChI is InChI=1S/C24H25N5O3S/c1-3-32-23(31)16-14-27(2)19-13-20(17(25)12-15(19)22(16)30)28-8-10-29(11-9-28)24-26-18-6-4-5-7-21(18)33-24/h4-7,12-14H,3,8-11,25H2,1-2H3. The molecule has 0 aliphatic carbocycles. The Balaban J connectivity index is 1.41. The molecule has 170 valence electrons. The van der Waals surface area contributed by atoms with Gasteiger partial charge in [-0.3, -0.25) is 4.79 Å². The second kappa shape index (κ2) is 8.40. The number of para-hydroxylation sites is 1. The minimum absolute atomic E-state index is 0.0171. The van der Waals surface area contributed by atoms with Crippen LogP contribution >= 0.6 is 11.3 Å². The number of carbonyl (C=O) groups excluding carboxylic acids is 1. The third-order valence-electron chi connectivity index (χ3n) is 6.01. The van der Waals surface area contributed by atoms with Crippen molar-refractivity contribution in [1.29, 1.82) is 0 Å². The van der Waals surface area contributed by atoms with Crippen molar-refractivity contribution in [2.24, 2.45) is 7.05 Å². The van der Waals surface area contributed by atoms with Crippen molar-refractivity contribution in [2.45, 2.75) is 6.92 Å². The molecule has 1 fully saturated rings. The second-order valence-electron chi connectivity index (χ2n) is 8.07. The van der Waals surface area contributed by atoms with E-state index in [1.165, 1.54) is 10.9 Å². The smallest absolute Gasteiger partial charge is 0.343 e. The zero-order valence-electron chi connectivity index (χ0n) is 18.6. The van der Waals surface area contributed by atoms with Crippen LogP contribution in [0.4, 0.5) is 16.5 Å². The molecule has 8 nitrogen and oxygen atoms in total. The SMILES string of the molecule is CCOC(=O)c1cn(C)c2cc(N3CCN(c4nc5ccccc5s4)CC3)c(N)cc2c1=O. The van der Waals surface area contributed by atoms with E-state index in [1.807, 2.05) is 31.3 Å². The van der Waals surface area contributed by atoms with Gasteiger partial charge in [-0.2, -0.15) is 0 Å². The van der Waals surface area contributed by atoms with E-state index in [0.29, 0.717) is 11.1 Å². The highest BCUT2D eigenvalue weighted by Crippen LogP contribution is 2.32. The number of esters is 1. The van der Waals surface area contributed by atoms with E-state index in [2.05, 4.69) is 15.9 Å². The number of rotatable bonds is 4. The molecule has 2 N–H and O–H groups in total. The fourth-order valence-electron chi connectivity index (χ4n) is 4.30. The van der Waals surface area contributed by atoms with E-state index in [-0.39, 0.29) is 17.6 Å². The molecule has 0 bridgehead atoms. The molecule has 1 aliphatic heterocycles. The number of hydrogen-bond acceptors (Lipinski definition) is 8. The van der Waals surface area contributed by atoms with Gasteiger partial charge in [0, 0.05) is 44.8 Å². The minimum Gasteiger partial charge on any atom is -0.462 e. The topological polar surface area (TPSA) is 93.7 Å². The van der Waals surface area contributed by atoms with E-state index in [9.17, 15) is 9.59 Å². The Morgan fingerprint density at radius 3 is 2.61 bits per heavy atom. The molecule has 2 aromatic carbocycles. The number of benzene rings is 2. The number of pyridine rings is 1. The minimum atomic E-state index is -0.617. The van der Waals surface area contributed by atoms with Crippen LogP contribution in [0, 0.1) is 0 Å². The number of aryl methyl sites for hydroxylation is 1.